The lowest BCUT2D eigenvalue weighted by atomic mass is 9.44. The minimum Gasteiger partial charge on any atom is -0.494 e. The Morgan fingerprint density at radius 1 is 1.16 bits per heavy atom. The number of ether oxygens (including phenoxy) is 1. The smallest absolute Gasteiger partial charge is 0.140 e. The van der Waals surface area contributed by atoms with Crippen molar-refractivity contribution >= 4 is 5.78 Å². The standard InChI is InChI=1S/C27H42O4/c1-15(14-28)5-8-22-16(2)25-23(31-22)12-21-19-7-6-17-11-18(29)9-10-26(17,3)20(19)13-24(30)27(21,25)4/h15,17-21,23,25,28-29H,5-14H2,1-4H3/t15-,17-,18+,19-,20+,21+,23+,25+,26+,27-/m1/s1. The van der Waals surface area contributed by atoms with Gasteiger partial charge in [-0.3, -0.25) is 4.79 Å². The van der Waals surface area contributed by atoms with Gasteiger partial charge in [0, 0.05) is 30.8 Å². The van der Waals surface area contributed by atoms with Gasteiger partial charge in [0.2, 0.25) is 0 Å². The summed E-state index contributed by atoms with van der Waals surface area (Å²) in [6.07, 6.45) is 8.93. The first kappa shape index (κ1) is 21.9. The van der Waals surface area contributed by atoms with Gasteiger partial charge in [-0.25, -0.2) is 0 Å². The first-order chi connectivity index (χ1) is 14.7. The van der Waals surface area contributed by atoms with Crippen molar-refractivity contribution in [1.82, 2.24) is 0 Å². The molecule has 0 saturated heterocycles. The van der Waals surface area contributed by atoms with E-state index >= 15 is 0 Å². The molecule has 174 valence electrons. The van der Waals surface area contributed by atoms with E-state index in [2.05, 4.69) is 27.7 Å². The molecule has 0 bridgehead atoms. The van der Waals surface area contributed by atoms with Gasteiger partial charge in [-0.2, -0.15) is 0 Å². The van der Waals surface area contributed by atoms with Crippen LogP contribution >= 0.6 is 0 Å². The van der Waals surface area contributed by atoms with Crippen LogP contribution in [-0.2, 0) is 9.53 Å². The van der Waals surface area contributed by atoms with Crippen LogP contribution in [0.15, 0.2) is 11.3 Å². The Morgan fingerprint density at radius 2 is 1.94 bits per heavy atom. The summed E-state index contributed by atoms with van der Waals surface area (Å²) in [7, 11) is 0. The first-order valence-electron chi connectivity index (χ1n) is 12.9. The maximum absolute atomic E-state index is 13.9. The fourth-order valence-electron chi connectivity index (χ4n) is 8.97. The Morgan fingerprint density at radius 3 is 2.68 bits per heavy atom. The molecule has 4 saturated carbocycles. The highest BCUT2D eigenvalue weighted by Gasteiger charge is 2.67. The lowest BCUT2D eigenvalue weighted by Gasteiger charge is -2.60. The van der Waals surface area contributed by atoms with Crippen molar-refractivity contribution in [3.63, 3.8) is 0 Å². The summed E-state index contributed by atoms with van der Waals surface area (Å²) >= 11 is 0. The fraction of sp³-hybridized carbons (Fsp3) is 0.889. The summed E-state index contributed by atoms with van der Waals surface area (Å²) in [6.45, 7) is 9.21. The Hall–Kier alpha value is -0.870. The van der Waals surface area contributed by atoms with Gasteiger partial charge in [0.1, 0.15) is 11.9 Å². The molecule has 5 rings (SSSR count). The highest BCUT2D eigenvalue weighted by molar-refractivity contribution is 5.87. The highest BCUT2D eigenvalue weighted by atomic mass is 16.5. The van der Waals surface area contributed by atoms with Gasteiger partial charge in [-0.05, 0) is 92.4 Å². The second-order valence-corrected chi connectivity index (χ2v) is 12.3. The molecule has 4 aliphatic carbocycles. The summed E-state index contributed by atoms with van der Waals surface area (Å²) in [5, 5.41) is 19.6. The molecule has 0 spiro atoms. The van der Waals surface area contributed by atoms with Crippen LogP contribution in [0.3, 0.4) is 0 Å². The summed E-state index contributed by atoms with van der Waals surface area (Å²) in [4.78, 5) is 13.9. The average molecular weight is 431 g/mol. The number of aliphatic hydroxyl groups is 2. The number of hydrogen-bond acceptors (Lipinski definition) is 4. The average Bonchev–Trinajstić information content (AvgIpc) is 3.22. The highest BCUT2D eigenvalue weighted by Crippen LogP contribution is 2.68. The number of fused-ring (bicyclic) bond motifs is 7. The topological polar surface area (TPSA) is 66.8 Å². The van der Waals surface area contributed by atoms with E-state index in [4.69, 9.17) is 4.74 Å². The van der Waals surface area contributed by atoms with Crippen LogP contribution in [0.4, 0.5) is 0 Å². The zero-order chi connectivity index (χ0) is 22.1. The van der Waals surface area contributed by atoms with Crippen LogP contribution < -0.4 is 0 Å². The number of Topliss-reactive ketones (excluding diaryl/α,β-unsaturated/α-hetero) is 1. The fourth-order valence-corrected chi connectivity index (χ4v) is 8.97. The summed E-state index contributed by atoms with van der Waals surface area (Å²) in [5.41, 5.74) is 1.25. The Balaban J connectivity index is 1.41. The third kappa shape index (κ3) is 3.10. The van der Waals surface area contributed by atoms with Crippen molar-refractivity contribution in [2.45, 2.75) is 97.7 Å². The van der Waals surface area contributed by atoms with E-state index in [-0.39, 0.29) is 41.5 Å². The molecule has 0 aromatic rings. The van der Waals surface area contributed by atoms with Crippen molar-refractivity contribution in [2.24, 2.45) is 46.3 Å². The van der Waals surface area contributed by atoms with Gasteiger partial charge < -0.3 is 14.9 Å². The van der Waals surface area contributed by atoms with E-state index in [1.54, 1.807) is 0 Å². The molecular formula is C27H42O4. The molecule has 0 aromatic heterocycles. The predicted octanol–water partition coefficient (Wildman–Crippen LogP) is 4.88. The van der Waals surface area contributed by atoms with E-state index in [1.807, 2.05) is 0 Å². The van der Waals surface area contributed by atoms with Crippen LogP contribution in [0.2, 0.25) is 0 Å². The Kier molecular flexibility index (Phi) is 5.37. The lowest BCUT2D eigenvalue weighted by Crippen LogP contribution is -2.57. The molecule has 4 heteroatoms. The van der Waals surface area contributed by atoms with Crippen LogP contribution in [0.1, 0.15) is 85.5 Å². The van der Waals surface area contributed by atoms with E-state index in [0.29, 0.717) is 29.5 Å². The monoisotopic (exact) mass is 430 g/mol. The van der Waals surface area contributed by atoms with Gasteiger partial charge in [0.15, 0.2) is 0 Å². The minimum absolute atomic E-state index is 0.141. The normalized spacial score (nSPS) is 49.7. The van der Waals surface area contributed by atoms with Gasteiger partial charge >= 0.3 is 0 Å². The van der Waals surface area contributed by atoms with Crippen molar-refractivity contribution in [3.05, 3.63) is 11.3 Å². The van der Waals surface area contributed by atoms with Crippen molar-refractivity contribution in [1.29, 1.82) is 0 Å². The molecule has 5 aliphatic rings. The predicted molar refractivity (Wildman–Crippen MR) is 120 cm³/mol. The SMILES string of the molecule is CC1=C(CC[C@@H](C)CO)O[C@H]2C[C@H]3[C@@H]4CC[C@@H]5C[C@@H](O)CC[C@]5(C)[C@H]4CC(=O)[C@]3(C)[C@@H]12. The molecule has 4 nitrogen and oxygen atoms in total. The van der Waals surface area contributed by atoms with Gasteiger partial charge in [-0.1, -0.05) is 20.8 Å². The van der Waals surface area contributed by atoms with Gasteiger partial charge in [0.05, 0.1) is 11.9 Å². The van der Waals surface area contributed by atoms with E-state index in [9.17, 15) is 15.0 Å². The number of ketones is 1. The Bertz CT molecular complexity index is 773. The zero-order valence-electron chi connectivity index (χ0n) is 19.9. The largest absolute Gasteiger partial charge is 0.494 e. The molecule has 0 amide bonds. The maximum atomic E-state index is 13.9. The molecule has 0 unspecified atom stereocenters. The second-order valence-electron chi connectivity index (χ2n) is 12.3. The lowest BCUT2D eigenvalue weighted by molar-refractivity contribution is -0.158. The molecule has 10 atom stereocenters. The number of carbonyl (C=O) groups excluding carboxylic acids is 1. The third-order valence-electron chi connectivity index (χ3n) is 10.9. The van der Waals surface area contributed by atoms with Crippen LogP contribution in [0, 0.1) is 46.3 Å². The second kappa shape index (κ2) is 7.58. The molecule has 31 heavy (non-hydrogen) atoms. The van der Waals surface area contributed by atoms with E-state index in [0.717, 1.165) is 50.7 Å². The van der Waals surface area contributed by atoms with Crippen molar-refractivity contribution in [2.75, 3.05) is 6.61 Å². The molecule has 2 N–H and O–H groups in total. The molecule has 0 radical (unpaired) electrons. The van der Waals surface area contributed by atoms with Gasteiger partial charge in [-0.15, -0.1) is 0 Å². The summed E-state index contributed by atoms with van der Waals surface area (Å²) < 4.78 is 6.54. The molecule has 0 aromatic carbocycles. The van der Waals surface area contributed by atoms with Crippen molar-refractivity contribution < 1.29 is 19.7 Å². The number of hydrogen-bond donors (Lipinski definition) is 2. The Labute approximate surface area is 187 Å². The molecule has 4 fully saturated rings. The van der Waals surface area contributed by atoms with Crippen LogP contribution in [0.5, 0.6) is 0 Å². The zero-order valence-corrected chi connectivity index (χ0v) is 19.9. The summed E-state index contributed by atoms with van der Waals surface area (Å²) in [6, 6.07) is 0. The number of carbonyl (C=O) groups is 1. The molecule has 1 aliphatic heterocycles. The van der Waals surface area contributed by atoms with E-state index < -0.39 is 0 Å². The number of allylic oxidation sites excluding steroid dienone is 1. The quantitative estimate of drug-likeness (QED) is 0.667. The van der Waals surface area contributed by atoms with Gasteiger partial charge in [0.25, 0.3) is 0 Å². The minimum atomic E-state index is -0.280. The maximum Gasteiger partial charge on any atom is 0.140 e. The van der Waals surface area contributed by atoms with Crippen LogP contribution in [-0.4, -0.2) is 34.8 Å². The number of aliphatic hydroxyl groups excluding tert-OH is 2. The third-order valence-corrected chi connectivity index (χ3v) is 10.9. The van der Waals surface area contributed by atoms with Crippen LogP contribution in [0.25, 0.3) is 0 Å². The molecular weight excluding hydrogens is 388 g/mol. The molecule has 1 heterocycles. The first-order valence-corrected chi connectivity index (χ1v) is 12.9. The van der Waals surface area contributed by atoms with E-state index in [1.165, 1.54) is 18.4 Å². The summed E-state index contributed by atoms with van der Waals surface area (Å²) in [5.74, 6) is 4.23. The van der Waals surface area contributed by atoms with Crippen molar-refractivity contribution in [3.8, 4) is 0 Å². The number of rotatable bonds is 4.